The van der Waals surface area contributed by atoms with Gasteiger partial charge in [0.25, 0.3) is 0 Å². The summed E-state index contributed by atoms with van der Waals surface area (Å²) in [5.41, 5.74) is 6.31. The first kappa shape index (κ1) is 22.8. The average Bonchev–Trinajstić information content (AvgIpc) is 2.72. The zero-order chi connectivity index (χ0) is 21.9. The summed E-state index contributed by atoms with van der Waals surface area (Å²) in [6.45, 7) is -0.158. The SMILES string of the molecule is NC(=O)[C@H](Cc1ccccc1F)NC(=O)C[C@H](O)CNC(=O)OCc1ccccc1. The third-order valence-corrected chi connectivity index (χ3v) is 4.18. The third-order valence-electron chi connectivity index (χ3n) is 4.18. The smallest absolute Gasteiger partial charge is 0.407 e. The highest BCUT2D eigenvalue weighted by atomic mass is 19.1. The molecule has 5 N–H and O–H groups in total. The Morgan fingerprint density at radius 1 is 1.07 bits per heavy atom. The van der Waals surface area contributed by atoms with Crippen molar-refractivity contribution in [3.63, 3.8) is 0 Å². The minimum absolute atomic E-state index is 0.0690. The Bertz CT molecular complexity index is 863. The maximum atomic E-state index is 13.8. The largest absolute Gasteiger partial charge is 0.445 e. The van der Waals surface area contributed by atoms with Crippen molar-refractivity contribution in [2.75, 3.05) is 6.54 Å². The molecule has 0 unspecified atom stereocenters. The molecule has 2 aromatic rings. The van der Waals surface area contributed by atoms with E-state index < -0.39 is 35.9 Å². The van der Waals surface area contributed by atoms with E-state index in [9.17, 15) is 23.9 Å². The highest BCUT2D eigenvalue weighted by Gasteiger charge is 2.21. The van der Waals surface area contributed by atoms with Crippen LogP contribution in [-0.4, -0.2) is 41.7 Å². The number of amides is 3. The maximum absolute atomic E-state index is 13.8. The molecular formula is C21H24FN3O5. The van der Waals surface area contributed by atoms with E-state index >= 15 is 0 Å². The second kappa shape index (κ2) is 11.5. The van der Waals surface area contributed by atoms with Gasteiger partial charge in [0.2, 0.25) is 11.8 Å². The molecule has 0 heterocycles. The lowest BCUT2D eigenvalue weighted by Gasteiger charge is -2.17. The molecule has 0 spiro atoms. The monoisotopic (exact) mass is 417 g/mol. The summed E-state index contributed by atoms with van der Waals surface area (Å²) in [6, 6.07) is 13.7. The normalized spacial score (nSPS) is 12.5. The summed E-state index contributed by atoms with van der Waals surface area (Å²) in [7, 11) is 0. The van der Waals surface area contributed by atoms with Crippen LogP contribution in [0.3, 0.4) is 0 Å². The number of carbonyl (C=O) groups excluding carboxylic acids is 3. The third kappa shape index (κ3) is 7.88. The van der Waals surface area contributed by atoms with Crippen LogP contribution in [0.4, 0.5) is 9.18 Å². The first-order valence-electron chi connectivity index (χ1n) is 9.30. The van der Waals surface area contributed by atoms with Crippen molar-refractivity contribution in [1.82, 2.24) is 10.6 Å². The standard InChI is InChI=1S/C21H24FN3O5/c22-17-9-5-4-8-15(17)10-18(20(23)28)25-19(27)11-16(26)12-24-21(29)30-13-14-6-2-1-3-7-14/h1-9,16,18,26H,10-13H2,(H2,23,28)(H,24,29)(H,25,27)/t16-,18-/m0/s1. The number of alkyl carbamates (subject to hydrolysis) is 1. The lowest BCUT2D eigenvalue weighted by Crippen LogP contribution is -2.47. The van der Waals surface area contributed by atoms with Crippen LogP contribution in [0.25, 0.3) is 0 Å². The molecular weight excluding hydrogens is 393 g/mol. The minimum Gasteiger partial charge on any atom is -0.445 e. The Morgan fingerprint density at radius 3 is 2.40 bits per heavy atom. The van der Waals surface area contributed by atoms with Gasteiger partial charge in [0, 0.05) is 13.0 Å². The van der Waals surface area contributed by atoms with Crippen molar-refractivity contribution in [1.29, 1.82) is 0 Å². The molecule has 3 amide bonds. The number of halogens is 1. The number of primary amides is 1. The summed E-state index contributed by atoms with van der Waals surface area (Å²) in [6.07, 6.45) is -2.46. The summed E-state index contributed by atoms with van der Waals surface area (Å²) in [5, 5.41) is 14.7. The molecule has 0 aliphatic heterocycles. The zero-order valence-corrected chi connectivity index (χ0v) is 16.2. The number of nitrogens with two attached hydrogens (primary N) is 1. The summed E-state index contributed by atoms with van der Waals surface area (Å²) in [4.78, 5) is 35.3. The van der Waals surface area contributed by atoms with Gasteiger partial charge in [0.1, 0.15) is 18.5 Å². The van der Waals surface area contributed by atoms with E-state index in [-0.39, 0.29) is 31.6 Å². The first-order valence-corrected chi connectivity index (χ1v) is 9.30. The van der Waals surface area contributed by atoms with E-state index in [4.69, 9.17) is 10.5 Å². The molecule has 160 valence electrons. The van der Waals surface area contributed by atoms with E-state index in [1.54, 1.807) is 18.2 Å². The van der Waals surface area contributed by atoms with Gasteiger partial charge < -0.3 is 26.2 Å². The van der Waals surface area contributed by atoms with Crippen LogP contribution in [0.2, 0.25) is 0 Å². The number of nitrogens with one attached hydrogen (secondary N) is 2. The molecule has 0 radical (unpaired) electrons. The van der Waals surface area contributed by atoms with Crippen molar-refractivity contribution in [3.8, 4) is 0 Å². The summed E-state index contributed by atoms with van der Waals surface area (Å²) in [5.74, 6) is -2.01. The molecule has 0 aliphatic carbocycles. The Balaban J connectivity index is 1.74. The highest BCUT2D eigenvalue weighted by molar-refractivity contribution is 5.87. The molecule has 0 fully saturated rings. The van der Waals surface area contributed by atoms with Crippen molar-refractivity contribution >= 4 is 17.9 Å². The van der Waals surface area contributed by atoms with Crippen molar-refractivity contribution in [2.45, 2.75) is 31.6 Å². The molecule has 9 heteroatoms. The van der Waals surface area contributed by atoms with Crippen LogP contribution in [-0.2, 0) is 27.4 Å². The predicted molar refractivity (Wildman–Crippen MR) is 106 cm³/mol. The van der Waals surface area contributed by atoms with E-state index in [1.807, 2.05) is 18.2 Å². The van der Waals surface area contributed by atoms with Gasteiger partial charge in [-0.05, 0) is 17.2 Å². The lowest BCUT2D eigenvalue weighted by atomic mass is 10.0. The Hall–Kier alpha value is -3.46. The minimum atomic E-state index is -1.21. The molecule has 0 saturated carbocycles. The number of aliphatic hydroxyl groups excluding tert-OH is 1. The number of rotatable bonds is 10. The highest BCUT2D eigenvalue weighted by Crippen LogP contribution is 2.09. The molecule has 0 aliphatic rings. The molecule has 30 heavy (non-hydrogen) atoms. The number of carbonyl (C=O) groups is 3. The van der Waals surface area contributed by atoms with Crippen LogP contribution in [0.5, 0.6) is 0 Å². The van der Waals surface area contributed by atoms with Crippen LogP contribution in [0, 0.1) is 5.82 Å². The number of hydrogen-bond acceptors (Lipinski definition) is 5. The summed E-state index contributed by atoms with van der Waals surface area (Å²) >= 11 is 0. The van der Waals surface area contributed by atoms with Gasteiger partial charge in [-0.2, -0.15) is 0 Å². The Kier molecular flexibility index (Phi) is 8.76. The first-order chi connectivity index (χ1) is 14.3. The van der Waals surface area contributed by atoms with Crippen LogP contribution in [0.1, 0.15) is 17.5 Å². The van der Waals surface area contributed by atoms with Crippen molar-refractivity contribution < 1.29 is 28.6 Å². The second-order valence-corrected chi connectivity index (χ2v) is 6.62. The van der Waals surface area contributed by atoms with E-state index in [1.165, 1.54) is 18.2 Å². The van der Waals surface area contributed by atoms with Gasteiger partial charge in [0.15, 0.2) is 0 Å². The molecule has 0 bridgehead atoms. The molecule has 2 rings (SSSR count). The van der Waals surface area contributed by atoms with Crippen molar-refractivity contribution in [2.24, 2.45) is 5.73 Å². The van der Waals surface area contributed by atoms with E-state index in [0.29, 0.717) is 0 Å². The average molecular weight is 417 g/mol. The van der Waals surface area contributed by atoms with E-state index in [2.05, 4.69) is 10.6 Å². The Labute approximate surface area is 173 Å². The fraction of sp³-hybridized carbons (Fsp3) is 0.286. The Morgan fingerprint density at radius 2 is 1.73 bits per heavy atom. The number of benzene rings is 2. The second-order valence-electron chi connectivity index (χ2n) is 6.62. The van der Waals surface area contributed by atoms with Gasteiger partial charge in [-0.3, -0.25) is 9.59 Å². The zero-order valence-electron chi connectivity index (χ0n) is 16.2. The van der Waals surface area contributed by atoms with Gasteiger partial charge in [-0.1, -0.05) is 48.5 Å². The topological polar surface area (TPSA) is 131 Å². The molecule has 2 aromatic carbocycles. The molecule has 8 nitrogen and oxygen atoms in total. The molecule has 0 saturated heterocycles. The number of hydrogen-bond donors (Lipinski definition) is 4. The maximum Gasteiger partial charge on any atom is 0.407 e. The van der Waals surface area contributed by atoms with Crippen molar-refractivity contribution in [3.05, 3.63) is 71.5 Å². The fourth-order valence-electron chi connectivity index (χ4n) is 2.62. The van der Waals surface area contributed by atoms with E-state index in [0.717, 1.165) is 5.56 Å². The predicted octanol–water partition coefficient (Wildman–Crippen LogP) is 1.02. The van der Waals surface area contributed by atoms with Crippen LogP contribution >= 0.6 is 0 Å². The molecule has 0 aromatic heterocycles. The van der Waals surface area contributed by atoms with Crippen LogP contribution in [0.15, 0.2) is 54.6 Å². The number of aliphatic hydroxyl groups is 1. The van der Waals surface area contributed by atoms with Crippen LogP contribution < -0.4 is 16.4 Å². The van der Waals surface area contributed by atoms with Gasteiger partial charge in [-0.15, -0.1) is 0 Å². The van der Waals surface area contributed by atoms with Gasteiger partial charge in [-0.25, -0.2) is 9.18 Å². The summed E-state index contributed by atoms with van der Waals surface area (Å²) < 4.78 is 18.7. The molecule has 2 atom stereocenters. The lowest BCUT2D eigenvalue weighted by molar-refractivity contribution is -0.128. The van der Waals surface area contributed by atoms with Gasteiger partial charge >= 0.3 is 6.09 Å². The quantitative estimate of drug-likeness (QED) is 0.458. The van der Waals surface area contributed by atoms with Gasteiger partial charge in [0.05, 0.1) is 12.5 Å². The number of ether oxygens (including phenoxy) is 1. The fourth-order valence-corrected chi connectivity index (χ4v) is 2.62.